The molecular weight excluding hydrogens is 256 g/mol. The number of nitrogens with zero attached hydrogens (tertiary/aromatic N) is 1. The van der Waals surface area contributed by atoms with E-state index in [1.165, 1.54) is 50.5 Å². The molecule has 1 N–H and O–H groups in total. The Labute approximate surface area is 128 Å². The number of hydrogen-bond acceptors (Lipinski definition) is 2. The Morgan fingerprint density at radius 1 is 1.10 bits per heavy atom. The lowest BCUT2D eigenvalue weighted by molar-refractivity contribution is 0.0482. The minimum absolute atomic E-state index is 0.723. The van der Waals surface area contributed by atoms with Gasteiger partial charge < -0.3 is 10.2 Å². The lowest BCUT2D eigenvalue weighted by atomic mass is 9.82. The molecule has 0 radical (unpaired) electrons. The SMILES string of the molecule is CN1C2CCCC1CC(NCc1cccc(C3CC3)c1)C2. The highest BCUT2D eigenvalue weighted by molar-refractivity contribution is 5.29. The van der Waals surface area contributed by atoms with Crippen molar-refractivity contribution in [2.45, 2.75) is 75.5 Å². The van der Waals surface area contributed by atoms with Crippen LogP contribution in [0.1, 0.15) is 62.0 Å². The van der Waals surface area contributed by atoms with E-state index in [0.29, 0.717) is 0 Å². The van der Waals surface area contributed by atoms with Gasteiger partial charge in [-0.05, 0) is 62.6 Å². The zero-order valence-electron chi connectivity index (χ0n) is 13.2. The molecule has 2 unspecified atom stereocenters. The molecule has 1 saturated carbocycles. The summed E-state index contributed by atoms with van der Waals surface area (Å²) in [6.07, 6.45) is 9.73. The van der Waals surface area contributed by atoms with Gasteiger partial charge in [0, 0.05) is 24.7 Å². The van der Waals surface area contributed by atoms with Crippen LogP contribution in [0.3, 0.4) is 0 Å². The molecule has 1 aliphatic carbocycles. The van der Waals surface area contributed by atoms with Gasteiger partial charge in [0.05, 0.1) is 0 Å². The van der Waals surface area contributed by atoms with E-state index in [4.69, 9.17) is 0 Å². The van der Waals surface area contributed by atoms with Crippen LogP contribution in [0.5, 0.6) is 0 Å². The third kappa shape index (κ3) is 3.02. The van der Waals surface area contributed by atoms with Crippen molar-refractivity contribution in [1.29, 1.82) is 0 Å². The maximum absolute atomic E-state index is 3.85. The van der Waals surface area contributed by atoms with Crippen molar-refractivity contribution in [2.75, 3.05) is 7.05 Å². The molecule has 0 aromatic heterocycles. The predicted octanol–water partition coefficient (Wildman–Crippen LogP) is 3.67. The Hall–Kier alpha value is -0.860. The first kappa shape index (κ1) is 13.8. The van der Waals surface area contributed by atoms with Gasteiger partial charge in [-0.1, -0.05) is 30.7 Å². The fourth-order valence-corrected chi connectivity index (χ4v) is 4.42. The first-order valence-electron chi connectivity index (χ1n) is 8.84. The Morgan fingerprint density at radius 2 is 1.86 bits per heavy atom. The molecule has 2 bridgehead atoms. The van der Waals surface area contributed by atoms with Crippen LogP contribution in [-0.4, -0.2) is 30.1 Å². The van der Waals surface area contributed by atoms with Crippen molar-refractivity contribution in [3.05, 3.63) is 35.4 Å². The van der Waals surface area contributed by atoms with E-state index in [9.17, 15) is 0 Å². The van der Waals surface area contributed by atoms with Gasteiger partial charge in [0.15, 0.2) is 0 Å². The topological polar surface area (TPSA) is 15.3 Å². The number of hydrogen-bond donors (Lipinski definition) is 1. The maximum atomic E-state index is 3.85. The number of nitrogens with one attached hydrogen (secondary N) is 1. The van der Waals surface area contributed by atoms with E-state index >= 15 is 0 Å². The first-order valence-corrected chi connectivity index (χ1v) is 8.84. The summed E-state index contributed by atoms with van der Waals surface area (Å²) in [6.45, 7) is 1.05. The number of piperidine rings is 2. The van der Waals surface area contributed by atoms with Crippen molar-refractivity contribution in [1.82, 2.24) is 10.2 Å². The summed E-state index contributed by atoms with van der Waals surface area (Å²) < 4.78 is 0. The molecule has 1 aromatic carbocycles. The average Bonchev–Trinajstić information content (AvgIpc) is 3.30. The maximum Gasteiger partial charge on any atom is 0.0208 e. The molecule has 21 heavy (non-hydrogen) atoms. The second-order valence-electron chi connectivity index (χ2n) is 7.47. The quantitative estimate of drug-likeness (QED) is 0.907. The summed E-state index contributed by atoms with van der Waals surface area (Å²) in [5.41, 5.74) is 3.04. The highest BCUT2D eigenvalue weighted by Crippen LogP contribution is 2.40. The summed E-state index contributed by atoms with van der Waals surface area (Å²) >= 11 is 0. The molecular formula is C19H28N2. The highest BCUT2D eigenvalue weighted by atomic mass is 15.2. The zero-order chi connectivity index (χ0) is 14.2. The summed E-state index contributed by atoms with van der Waals surface area (Å²) in [5.74, 6) is 0.868. The Bertz CT molecular complexity index is 480. The van der Waals surface area contributed by atoms with E-state index < -0.39 is 0 Å². The van der Waals surface area contributed by atoms with Crippen LogP contribution in [0.4, 0.5) is 0 Å². The van der Waals surface area contributed by atoms with Crippen LogP contribution >= 0.6 is 0 Å². The average molecular weight is 284 g/mol. The van der Waals surface area contributed by atoms with Gasteiger partial charge in [-0.3, -0.25) is 0 Å². The molecule has 2 aliphatic heterocycles. The van der Waals surface area contributed by atoms with E-state index in [0.717, 1.165) is 30.6 Å². The molecule has 1 aromatic rings. The molecule has 3 fully saturated rings. The standard InChI is InChI=1S/C19H28N2/c1-21-18-6-3-7-19(21)12-17(11-18)20-13-14-4-2-5-16(10-14)15-8-9-15/h2,4-5,10,15,17-20H,3,6-9,11-13H2,1H3. The third-order valence-corrected chi connectivity index (χ3v) is 5.93. The molecule has 2 saturated heterocycles. The molecule has 4 rings (SSSR count). The van der Waals surface area contributed by atoms with Crippen LogP contribution in [0.2, 0.25) is 0 Å². The van der Waals surface area contributed by atoms with Crippen LogP contribution in [0, 0.1) is 0 Å². The largest absolute Gasteiger partial charge is 0.310 e. The number of fused-ring (bicyclic) bond motifs is 2. The normalized spacial score (nSPS) is 33.1. The highest BCUT2D eigenvalue weighted by Gasteiger charge is 2.35. The van der Waals surface area contributed by atoms with E-state index in [-0.39, 0.29) is 0 Å². The fraction of sp³-hybridized carbons (Fsp3) is 0.684. The monoisotopic (exact) mass is 284 g/mol. The minimum atomic E-state index is 0.723. The van der Waals surface area contributed by atoms with Gasteiger partial charge >= 0.3 is 0 Å². The summed E-state index contributed by atoms with van der Waals surface area (Å²) in [7, 11) is 2.34. The summed E-state index contributed by atoms with van der Waals surface area (Å²) in [6, 6.07) is 11.6. The van der Waals surface area contributed by atoms with Crippen LogP contribution in [0.25, 0.3) is 0 Å². The zero-order valence-corrected chi connectivity index (χ0v) is 13.2. The summed E-state index contributed by atoms with van der Waals surface area (Å²) in [4.78, 5) is 2.65. The summed E-state index contributed by atoms with van der Waals surface area (Å²) in [5, 5.41) is 3.85. The van der Waals surface area contributed by atoms with Crippen LogP contribution in [0.15, 0.2) is 24.3 Å². The first-order chi connectivity index (χ1) is 10.3. The number of benzene rings is 1. The van der Waals surface area contributed by atoms with Gasteiger partial charge in [-0.2, -0.15) is 0 Å². The van der Waals surface area contributed by atoms with Gasteiger partial charge in [0.25, 0.3) is 0 Å². The lowest BCUT2D eigenvalue weighted by Crippen LogP contribution is -2.54. The van der Waals surface area contributed by atoms with Gasteiger partial charge in [0.1, 0.15) is 0 Å². The molecule has 3 aliphatic rings. The van der Waals surface area contributed by atoms with E-state index in [1.54, 1.807) is 5.56 Å². The van der Waals surface area contributed by atoms with Crippen molar-refractivity contribution in [3.63, 3.8) is 0 Å². The smallest absolute Gasteiger partial charge is 0.0208 e. The molecule has 114 valence electrons. The van der Waals surface area contributed by atoms with E-state index in [2.05, 4.69) is 41.5 Å². The van der Waals surface area contributed by atoms with Crippen molar-refractivity contribution in [2.24, 2.45) is 0 Å². The molecule has 2 heteroatoms. The van der Waals surface area contributed by atoms with Gasteiger partial charge in [0.2, 0.25) is 0 Å². The minimum Gasteiger partial charge on any atom is -0.310 e. The Morgan fingerprint density at radius 3 is 2.57 bits per heavy atom. The molecule has 2 heterocycles. The number of rotatable bonds is 4. The van der Waals surface area contributed by atoms with Crippen molar-refractivity contribution < 1.29 is 0 Å². The van der Waals surface area contributed by atoms with Gasteiger partial charge in [-0.15, -0.1) is 0 Å². The molecule has 0 spiro atoms. The Balaban J connectivity index is 1.35. The molecule has 2 nitrogen and oxygen atoms in total. The van der Waals surface area contributed by atoms with Gasteiger partial charge in [-0.25, -0.2) is 0 Å². The van der Waals surface area contributed by atoms with Crippen LogP contribution in [-0.2, 0) is 6.54 Å². The second kappa shape index (κ2) is 5.73. The third-order valence-electron chi connectivity index (χ3n) is 5.93. The Kier molecular flexibility index (Phi) is 3.76. The fourth-order valence-electron chi connectivity index (χ4n) is 4.42. The lowest BCUT2D eigenvalue weighted by Gasteiger charge is -2.47. The molecule has 2 atom stereocenters. The van der Waals surface area contributed by atoms with Crippen LogP contribution < -0.4 is 5.32 Å². The van der Waals surface area contributed by atoms with Crippen molar-refractivity contribution in [3.8, 4) is 0 Å². The second-order valence-corrected chi connectivity index (χ2v) is 7.47. The van der Waals surface area contributed by atoms with Crippen molar-refractivity contribution >= 4 is 0 Å². The van der Waals surface area contributed by atoms with E-state index in [1.807, 2.05) is 0 Å². The molecule has 0 amide bonds. The predicted molar refractivity (Wildman–Crippen MR) is 87.5 cm³/mol.